The van der Waals surface area contributed by atoms with E-state index in [4.69, 9.17) is 5.73 Å². The Labute approximate surface area is 74.5 Å². The molecule has 1 aliphatic rings. The van der Waals surface area contributed by atoms with Crippen molar-refractivity contribution in [1.82, 2.24) is 0 Å². The molecule has 1 atom stereocenters. The zero-order chi connectivity index (χ0) is 8.97. The quantitative estimate of drug-likeness (QED) is 0.658. The average Bonchev–Trinajstić information content (AvgIpc) is 2.84. The molecule has 70 valence electrons. The molecule has 0 bridgehead atoms. The molecule has 1 rings (SSSR count). The van der Waals surface area contributed by atoms with Gasteiger partial charge in [-0.2, -0.15) is 0 Å². The lowest BCUT2D eigenvalue weighted by atomic mass is 10.0. The molecule has 0 spiro atoms. The normalized spacial score (nSPS) is 19.2. The molecule has 1 fully saturated rings. The second kappa shape index (κ2) is 4.61. The number of hydrogen-bond acceptors (Lipinski definition) is 2. The van der Waals surface area contributed by atoms with Crippen LogP contribution in [0.15, 0.2) is 0 Å². The lowest BCUT2D eigenvalue weighted by molar-refractivity contribution is -0.119. The van der Waals surface area contributed by atoms with Crippen molar-refractivity contribution in [3.63, 3.8) is 0 Å². The molecule has 2 nitrogen and oxygen atoms in total. The minimum absolute atomic E-state index is 0.442. The van der Waals surface area contributed by atoms with Crippen LogP contribution >= 0.6 is 0 Å². The predicted molar refractivity (Wildman–Crippen MR) is 49.8 cm³/mol. The van der Waals surface area contributed by atoms with Gasteiger partial charge in [0, 0.05) is 12.8 Å². The number of Topliss-reactive ketones (excluding diaryl/α,β-unsaturated/α-hetero) is 1. The van der Waals surface area contributed by atoms with Crippen LogP contribution in [0, 0.1) is 11.8 Å². The molecular weight excluding hydrogens is 150 g/mol. The topological polar surface area (TPSA) is 43.1 Å². The Balaban J connectivity index is 2.00. The fraction of sp³-hybridized carbons (Fsp3) is 0.900. The summed E-state index contributed by atoms with van der Waals surface area (Å²) in [6.07, 6.45) is 5.10. The van der Waals surface area contributed by atoms with E-state index in [1.807, 2.05) is 0 Å². The Morgan fingerprint density at radius 1 is 1.58 bits per heavy atom. The smallest absolute Gasteiger partial charge is 0.133 e. The monoisotopic (exact) mass is 169 g/mol. The second-order valence-electron chi connectivity index (χ2n) is 4.07. The van der Waals surface area contributed by atoms with Gasteiger partial charge in [-0.1, -0.05) is 6.92 Å². The van der Waals surface area contributed by atoms with Crippen LogP contribution in [0.5, 0.6) is 0 Å². The van der Waals surface area contributed by atoms with Gasteiger partial charge in [-0.15, -0.1) is 0 Å². The van der Waals surface area contributed by atoms with Crippen LogP contribution in [0.25, 0.3) is 0 Å². The zero-order valence-corrected chi connectivity index (χ0v) is 7.88. The van der Waals surface area contributed by atoms with Crippen molar-refractivity contribution < 1.29 is 4.79 Å². The van der Waals surface area contributed by atoms with Crippen LogP contribution in [0.3, 0.4) is 0 Å². The van der Waals surface area contributed by atoms with Crippen molar-refractivity contribution in [3.05, 3.63) is 0 Å². The highest BCUT2D eigenvalue weighted by Gasteiger charge is 2.23. The molecule has 1 aliphatic carbocycles. The fourth-order valence-electron chi connectivity index (χ4n) is 1.27. The summed E-state index contributed by atoms with van der Waals surface area (Å²) in [6, 6.07) is 0. The van der Waals surface area contributed by atoms with Crippen molar-refractivity contribution in [2.45, 2.75) is 39.0 Å². The Morgan fingerprint density at radius 2 is 2.25 bits per heavy atom. The third-order valence-corrected chi connectivity index (χ3v) is 2.53. The fourth-order valence-corrected chi connectivity index (χ4v) is 1.27. The predicted octanol–water partition coefficient (Wildman–Crippen LogP) is 1.73. The number of ketones is 1. The van der Waals surface area contributed by atoms with E-state index in [1.165, 1.54) is 12.8 Å². The van der Waals surface area contributed by atoms with Gasteiger partial charge in [0.05, 0.1) is 0 Å². The standard InChI is InChI=1S/C10H19NO/c1-8(7-11)2-5-10(12)6-9-3-4-9/h8-9H,2-7,11H2,1H3. The highest BCUT2D eigenvalue weighted by molar-refractivity contribution is 5.78. The first-order chi connectivity index (χ1) is 5.72. The molecule has 0 aromatic rings. The molecule has 0 aliphatic heterocycles. The summed E-state index contributed by atoms with van der Waals surface area (Å²) in [7, 11) is 0. The SMILES string of the molecule is CC(CN)CCC(=O)CC1CC1. The highest BCUT2D eigenvalue weighted by atomic mass is 16.1. The van der Waals surface area contributed by atoms with Crippen molar-refractivity contribution in [2.75, 3.05) is 6.54 Å². The van der Waals surface area contributed by atoms with Crippen molar-refractivity contribution in [1.29, 1.82) is 0 Å². The summed E-state index contributed by atoms with van der Waals surface area (Å²) in [5.74, 6) is 1.69. The maximum atomic E-state index is 11.3. The minimum atomic E-state index is 0.442. The van der Waals surface area contributed by atoms with Gasteiger partial charge in [0.2, 0.25) is 0 Å². The van der Waals surface area contributed by atoms with Gasteiger partial charge in [-0.3, -0.25) is 4.79 Å². The highest BCUT2D eigenvalue weighted by Crippen LogP contribution is 2.33. The lowest BCUT2D eigenvalue weighted by Gasteiger charge is -2.06. The lowest BCUT2D eigenvalue weighted by Crippen LogP contribution is -2.12. The van der Waals surface area contributed by atoms with Gasteiger partial charge in [-0.25, -0.2) is 0 Å². The molecule has 0 amide bonds. The number of hydrogen-bond donors (Lipinski definition) is 1. The van der Waals surface area contributed by atoms with E-state index in [-0.39, 0.29) is 0 Å². The van der Waals surface area contributed by atoms with Gasteiger partial charge in [0.1, 0.15) is 5.78 Å². The summed E-state index contributed by atoms with van der Waals surface area (Å²) in [6.45, 7) is 2.81. The van der Waals surface area contributed by atoms with E-state index >= 15 is 0 Å². The number of rotatable bonds is 6. The molecule has 0 saturated heterocycles. The molecule has 12 heavy (non-hydrogen) atoms. The molecular formula is C10H19NO. The molecule has 1 saturated carbocycles. The average molecular weight is 169 g/mol. The Hall–Kier alpha value is -0.370. The molecule has 2 N–H and O–H groups in total. The van der Waals surface area contributed by atoms with Crippen LogP contribution in [0.2, 0.25) is 0 Å². The van der Waals surface area contributed by atoms with Gasteiger partial charge in [0.15, 0.2) is 0 Å². The maximum Gasteiger partial charge on any atom is 0.133 e. The molecule has 0 radical (unpaired) electrons. The second-order valence-corrected chi connectivity index (χ2v) is 4.07. The van der Waals surface area contributed by atoms with Crippen LogP contribution in [-0.2, 0) is 4.79 Å². The summed E-state index contributed by atoms with van der Waals surface area (Å²) in [5, 5.41) is 0. The van der Waals surface area contributed by atoms with Crippen LogP contribution in [-0.4, -0.2) is 12.3 Å². The summed E-state index contributed by atoms with van der Waals surface area (Å²) in [4.78, 5) is 11.3. The molecule has 0 heterocycles. The van der Waals surface area contributed by atoms with Gasteiger partial charge < -0.3 is 5.73 Å². The van der Waals surface area contributed by atoms with E-state index in [9.17, 15) is 4.79 Å². The number of nitrogens with two attached hydrogens (primary N) is 1. The zero-order valence-electron chi connectivity index (χ0n) is 7.88. The van der Waals surface area contributed by atoms with Gasteiger partial charge in [-0.05, 0) is 37.6 Å². The summed E-state index contributed by atoms with van der Waals surface area (Å²) < 4.78 is 0. The van der Waals surface area contributed by atoms with Gasteiger partial charge in [0.25, 0.3) is 0 Å². The van der Waals surface area contributed by atoms with Crippen LogP contribution < -0.4 is 5.73 Å². The third kappa shape index (κ3) is 3.86. The molecule has 0 aromatic carbocycles. The van der Waals surface area contributed by atoms with Crippen molar-refractivity contribution >= 4 is 5.78 Å². The maximum absolute atomic E-state index is 11.3. The minimum Gasteiger partial charge on any atom is -0.330 e. The van der Waals surface area contributed by atoms with Crippen molar-refractivity contribution in [2.24, 2.45) is 17.6 Å². The van der Waals surface area contributed by atoms with Crippen LogP contribution in [0.1, 0.15) is 39.0 Å². The van der Waals surface area contributed by atoms with Crippen molar-refractivity contribution in [3.8, 4) is 0 Å². The van der Waals surface area contributed by atoms with Gasteiger partial charge >= 0.3 is 0 Å². The summed E-state index contributed by atoms with van der Waals surface area (Å²) >= 11 is 0. The Kier molecular flexibility index (Phi) is 3.73. The third-order valence-electron chi connectivity index (χ3n) is 2.53. The first-order valence-electron chi connectivity index (χ1n) is 4.94. The first-order valence-corrected chi connectivity index (χ1v) is 4.94. The largest absolute Gasteiger partial charge is 0.330 e. The Morgan fingerprint density at radius 3 is 2.75 bits per heavy atom. The number of carbonyl (C=O) groups is 1. The van der Waals surface area contributed by atoms with E-state index in [0.717, 1.165) is 25.2 Å². The van der Waals surface area contributed by atoms with E-state index in [2.05, 4.69) is 6.92 Å². The van der Waals surface area contributed by atoms with E-state index < -0.39 is 0 Å². The number of carbonyl (C=O) groups excluding carboxylic acids is 1. The summed E-state index contributed by atoms with van der Waals surface area (Å²) in [5.41, 5.74) is 5.46. The van der Waals surface area contributed by atoms with Crippen LogP contribution in [0.4, 0.5) is 0 Å². The van der Waals surface area contributed by atoms with E-state index in [0.29, 0.717) is 18.2 Å². The van der Waals surface area contributed by atoms with E-state index in [1.54, 1.807) is 0 Å². The molecule has 2 heteroatoms. The molecule has 0 aromatic heterocycles. The molecule has 1 unspecified atom stereocenters. The first kappa shape index (κ1) is 9.72. The Bertz CT molecular complexity index is 152.